The summed E-state index contributed by atoms with van der Waals surface area (Å²) in [6.07, 6.45) is 8.59. The highest BCUT2D eigenvalue weighted by Gasteiger charge is 2.34. The maximum Gasteiger partial charge on any atom is -0.0152 e. The number of fused-ring (bicyclic) bond motifs is 1. The van der Waals surface area contributed by atoms with Gasteiger partial charge in [0.2, 0.25) is 0 Å². The van der Waals surface area contributed by atoms with Gasteiger partial charge in [-0.3, -0.25) is 0 Å². The third kappa shape index (κ3) is 1.32. The van der Waals surface area contributed by atoms with E-state index in [-0.39, 0.29) is 0 Å². The SMILES string of the molecule is C=C1CCCC2CCCC(C)C12. The van der Waals surface area contributed by atoms with Crippen LogP contribution in [-0.2, 0) is 0 Å². The minimum atomic E-state index is 0.896. The van der Waals surface area contributed by atoms with Crippen molar-refractivity contribution in [3.05, 3.63) is 12.2 Å². The lowest BCUT2D eigenvalue weighted by molar-refractivity contribution is 0.162. The molecular weight excluding hydrogens is 144 g/mol. The Hall–Kier alpha value is -0.260. The predicted molar refractivity (Wildman–Crippen MR) is 53.0 cm³/mol. The molecule has 3 atom stereocenters. The van der Waals surface area contributed by atoms with Crippen molar-refractivity contribution in [2.24, 2.45) is 17.8 Å². The summed E-state index contributed by atoms with van der Waals surface area (Å²) in [4.78, 5) is 0. The molecule has 2 fully saturated rings. The molecule has 0 bridgehead atoms. The summed E-state index contributed by atoms with van der Waals surface area (Å²) in [5, 5.41) is 0. The summed E-state index contributed by atoms with van der Waals surface area (Å²) in [5.41, 5.74) is 1.57. The van der Waals surface area contributed by atoms with E-state index in [1.54, 1.807) is 5.57 Å². The summed E-state index contributed by atoms with van der Waals surface area (Å²) in [6.45, 7) is 6.67. The quantitative estimate of drug-likeness (QED) is 0.478. The van der Waals surface area contributed by atoms with Crippen LogP contribution in [0.2, 0.25) is 0 Å². The van der Waals surface area contributed by atoms with E-state index in [1.807, 2.05) is 0 Å². The molecule has 3 unspecified atom stereocenters. The lowest BCUT2D eigenvalue weighted by Crippen LogP contribution is -2.30. The molecule has 0 aromatic carbocycles. The fraction of sp³-hybridized carbons (Fsp3) is 0.833. The standard InChI is InChI=1S/C12H20/c1-9-5-3-7-11-8-4-6-10(2)12(9)11/h10-12H,1,3-8H2,2H3. The summed E-state index contributed by atoms with van der Waals surface area (Å²) in [5.74, 6) is 2.83. The van der Waals surface area contributed by atoms with Crippen molar-refractivity contribution in [1.82, 2.24) is 0 Å². The maximum atomic E-state index is 4.25. The normalized spacial score (nSPS) is 42.4. The lowest BCUT2D eigenvalue weighted by Gasteiger charge is -2.41. The van der Waals surface area contributed by atoms with E-state index < -0.39 is 0 Å². The summed E-state index contributed by atoms with van der Waals surface area (Å²) < 4.78 is 0. The summed E-state index contributed by atoms with van der Waals surface area (Å²) in [7, 11) is 0. The van der Waals surface area contributed by atoms with E-state index in [9.17, 15) is 0 Å². The topological polar surface area (TPSA) is 0 Å². The molecule has 0 aliphatic heterocycles. The molecule has 12 heavy (non-hydrogen) atoms. The Morgan fingerprint density at radius 3 is 2.67 bits per heavy atom. The van der Waals surface area contributed by atoms with Gasteiger partial charge in [0.1, 0.15) is 0 Å². The molecule has 0 radical (unpaired) electrons. The van der Waals surface area contributed by atoms with Gasteiger partial charge in [0, 0.05) is 0 Å². The van der Waals surface area contributed by atoms with Crippen molar-refractivity contribution in [3.8, 4) is 0 Å². The molecule has 0 heterocycles. The monoisotopic (exact) mass is 164 g/mol. The largest absolute Gasteiger partial charge is 0.0996 e. The third-order valence-electron chi connectivity index (χ3n) is 3.90. The average Bonchev–Trinajstić information content (AvgIpc) is 2.04. The first-order chi connectivity index (χ1) is 5.79. The second-order valence-electron chi connectivity index (χ2n) is 4.74. The van der Waals surface area contributed by atoms with Crippen molar-refractivity contribution >= 4 is 0 Å². The molecular formula is C12H20. The van der Waals surface area contributed by atoms with Crippen LogP contribution in [0, 0.1) is 17.8 Å². The van der Waals surface area contributed by atoms with Gasteiger partial charge in [0.05, 0.1) is 0 Å². The van der Waals surface area contributed by atoms with Crippen molar-refractivity contribution in [2.45, 2.75) is 45.4 Å². The van der Waals surface area contributed by atoms with Gasteiger partial charge in [0.15, 0.2) is 0 Å². The van der Waals surface area contributed by atoms with Gasteiger partial charge < -0.3 is 0 Å². The number of hydrogen-bond donors (Lipinski definition) is 0. The Morgan fingerprint density at radius 1 is 1.17 bits per heavy atom. The van der Waals surface area contributed by atoms with Gasteiger partial charge in [-0.25, -0.2) is 0 Å². The molecule has 0 N–H and O–H groups in total. The first-order valence-corrected chi connectivity index (χ1v) is 5.46. The molecule has 0 spiro atoms. The Labute approximate surface area is 76.1 Å². The average molecular weight is 164 g/mol. The predicted octanol–water partition coefficient (Wildman–Crippen LogP) is 3.78. The second-order valence-corrected chi connectivity index (χ2v) is 4.74. The van der Waals surface area contributed by atoms with Crippen LogP contribution in [-0.4, -0.2) is 0 Å². The van der Waals surface area contributed by atoms with Gasteiger partial charge in [-0.1, -0.05) is 31.9 Å². The zero-order valence-electron chi connectivity index (χ0n) is 8.18. The minimum Gasteiger partial charge on any atom is -0.0996 e. The summed E-state index contributed by atoms with van der Waals surface area (Å²) in [6, 6.07) is 0. The molecule has 68 valence electrons. The van der Waals surface area contributed by atoms with Crippen molar-refractivity contribution in [1.29, 1.82) is 0 Å². The zero-order valence-corrected chi connectivity index (χ0v) is 8.18. The Kier molecular flexibility index (Phi) is 2.25. The third-order valence-corrected chi connectivity index (χ3v) is 3.90. The van der Waals surface area contributed by atoms with Crippen LogP contribution in [0.25, 0.3) is 0 Å². The van der Waals surface area contributed by atoms with E-state index in [4.69, 9.17) is 0 Å². The Morgan fingerprint density at radius 2 is 1.92 bits per heavy atom. The molecule has 0 aromatic heterocycles. The van der Waals surface area contributed by atoms with Crippen LogP contribution in [0.3, 0.4) is 0 Å². The van der Waals surface area contributed by atoms with E-state index >= 15 is 0 Å². The molecule has 0 saturated heterocycles. The first-order valence-electron chi connectivity index (χ1n) is 5.46. The van der Waals surface area contributed by atoms with E-state index in [0.717, 1.165) is 17.8 Å². The van der Waals surface area contributed by atoms with Gasteiger partial charge >= 0.3 is 0 Å². The van der Waals surface area contributed by atoms with Gasteiger partial charge in [-0.15, -0.1) is 0 Å². The molecule has 0 nitrogen and oxygen atoms in total. The molecule has 2 aliphatic carbocycles. The number of hydrogen-bond acceptors (Lipinski definition) is 0. The minimum absolute atomic E-state index is 0.896. The molecule has 2 rings (SSSR count). The van der Waals surface area contributed by atoms with Crippen LogP contribution in [0.4, 0.5) is 0 Å². The number of rotatable bonds is 0. The number of allylic oxidation sites excluding steroid dienone is 1. The molecule has 0 amide bonds. The second kappa shape index (κ2) is 3.24. The first kappa shape index (κ1) is 8.34. The van der Waals surface area contributed by atoms with Crippen LogP contribution in [0.1, 0.15) is 45.4 Å². The molecule has 0 heteroatoms. The molecule has 0 aromatic rings. The highest BCUT2D eigenvalue weighted by molar-refractivity contribution is 5.08. The van der Waals surface area contributed by atoms with Gasteiger partial charge in [-0.05, 0) is 43.4 Å². The van der Waals surface area contributed by atoms with Crippen LogP contribution in [0.15, 0.2) is 12.2 Å². The lowest BCUT2D eigenvalue weighted by atomic mass is 9.64. The van der Waals surface area contributed by atoms with E-state index in [1.165, 1.54) is 38.5 Å². The summed E-state index contributed by atoms with van der Waals surface area (Å²) >= 11 is 0. The van der Waals surface area contributed by atoms with Gasteiger partial charge in [0.25, 0.3) is 0 Å². The van der Waals surface area contributed by atoms with E-state index in [2.05, 4.69) is 13.5 Å². The van der Waals surface area contributed by atoms with Gasteiger partial charge in [-0.2, -0.15) is 0 Å². The van der Waals surface area contributed by atoms with Crippen LogP contribution < -0.4 is 0 Å². The fourth-order valence-electron chi connectivity index (χ4n) is 3.34. The Balaban J connectivity index is 2.12. The highest BCUT2D eigenvalue weighted by Crippen LogP contribution is 2.45. The zero-order chi connectivity index (χ0) is 8.55. The maximum absolute atomic E-state index is 4.25. The van der Waals surface area contributed by atoms with Crippen molar-refractivity contribution < 1.29 is 0 Å². The molecule has 2 saturated carbocycles. The molecule has 2 aliphatic rings. The van der Waals surface area contributed by atoms with Crippen molar-refractivity contribution in [3.63, 3.8) is 0 Å². The Bertz CT molecular complexity index is 178. The van der Waals surface area contributed by atoms with Crippen LogP contribution >= 0.6 is 0 Å². The smallest absolute Gasteiger partial charge is 0.0152 e. The van der Waals surface area contributed by atoms with Crippen molar-refractivity contribution in [2.75, 3.05) is 0 Å². The highest BCUT2D eigenvalue weighted by atomic mass is 14.4. The van der Waals surface area contributed by atoms with E-state index in [0.29, 0.717) is 0 Å². The fourth-order valence-corrected chi connectivity index (χ4v) is 3.34. The van der Waals surface area contributed by atoms with Crippen LogP contribution in [0.5, 0.6) is 0 Å².